The van der Waals surface area contributed by atoms with Crippen molar-refractivity contribution in [1.82, 2.24) is 26.2 Å². The number of amides is 5. The first-order valence-electron chi connectivity index (χ1n) is 18.8. The predicted octanol–water partition coefficient (Wildman–Crippen LogP) is 2.27. The minimum atomic E-state index is -1.18. The van der Waals surface area contributed by atoms with Crippen LogP contribution in [0.2, 0.25) is 0 Å². The highest BCUT2D eigenvalue weighted by Crippen LogP contribution is 2.21. The number of hydrogen-bond donors (Lipinski definition) is 7. The van der Waals surface area contributed by atoms with Crippen LogP contribution in [0.5, 0.6) is 5.75 Å². The molecule has 0 spiro atoms. The van der Waals surface area contributed by atoms with Gasteiger partial charge in [-0.1, -0.05) is 90.4 Å². The van der Waals surface area contributed by atoms with Crippen molar-refractivity contribution in [1.29, 1.82) is 0 Å². The van der Waals surface area contributed by atoms with E-state index in [1.54, 1.807) is 26.0 Å². The summed E-state index contributed by atoms with van der Waals surface area (Å²) in [5.41, 5.74) is 7.73. The number of phenols is 1. The zero-order chi connectivity index (χ0) is 40.1. The molecule has 14 heteroatoms. The maximum Gasteiger partial charge on any atom is 0.326 e. The van der Waals surface area contributed by atoms with Crippen LogP contribution in [0.15, 0.2) is 54.6 Å². The van der Waals surface area contributed by atoms with Crippen LogP contribution < -0.4 is 27.0 Å². The molecule has 0 aliphatic carbocycles. The van der Waals surface area contributed by atoms with Gasteiger partial charge in [0.2, 0.25) is 29.5 Å². The maximum atomic E-state index is 14.4. The van der Waals surface area contributed by atoms with Crippen molar-refractivity contribution in [3.8, 4) is 5.75 Å². The van der Waals surface area contributed by atoms with E-state index in [1.165, 1.54) is 17.0 Å². The van der Waals surface area contributed by atoms with Crippen molar-refractivity contribution < 1.29 is 39.0 Å². The second-order valence-corrected chi connectivity index (χ2v) is 15.0. The number of carbonyl (C=O) groups is 6. The molecule has 1 heterocycles. The third-order valence-electron chi connectivity index (χ3n) is 9.83. The van der Waals surface area contributed by atoms with Crippen LogP contribution in [0.1, 0.15) is 78.4 Å². The summed E-state index contributed by atoms with van der Waals surface area (Å²) >= 11 is 0. The normalized spacial score (nSPS) is 17.5. The van der Waals surface area contributed by atoms with Gasteiger partial charge in [0.1, 0.15) is 36.0 Å². The van der Waals surface area contributed by atoms with Crippen molar-refractivity contribution in [2.24, 2.45) is 23.5 Å². The van der Waals surface area contributed by atoms with Crippen LogP contribution in [0, 0.1) is 17.8 Å². The number of nitrogens with one attached hydrogen (secondary N) is 4. The molecule has 14 nitrogen and oxygen atoms in total. The summed E-state index contributed by atoms with van der Waals surface area (Å²) in [6.07, 6.45) is 1.90. The molecular formula is C40H58N6O8. The van der Waals surface area contributed by atoms with Gasteiger partial charge in [-0.2, -0.15) is 0 Å². The van der Waals surface area contributed by atoms with E-state index in [1.807, 2.05) is 58.0 Å². The van der Waals surface area contributed by atoms with E-state index < -0.39 is 77.7 Å². The number of benzene rings is 2. The number of aliphatic carboxylic acids is 1. The van der Waals surface area contributed by atoms with Gasteiger partial charge >= 0.3 is 5.97 Å². The maximum absolute atomic E-state index is 14.4. The minimum Gasteiger partial charge on any atom is -0.508 e. The molecular weight excluding hydrogens is 692 g/mol. The quantitative estimate of drug-likeness (QED) is 0.112. The van der Waals surface area contributed by atoms with E-state index in [-0.39, 0.29) is 43.4 Å². The zero-order valence-electron chi connectivity index (χ0n) is 32.2. The van der Waals surface area contributed by atoms with Crippen molar-refractivity contribution in [2.45, 2.75) is 116 Å². The first-order valence-corrected chi connectivity index (χ1v) is 18.8. The Morgan fingerprint density at radius 3 is 1.96 bits per heavy atom. The third kappa shape index (κ3) is 12.6. The number of carboxylic acids is 1. The van der Waals surface area contributed by atoms with E-state index >= 15 is 0 Å². The Morgan fingerprint density at radius 2 is 1.39 bits per heavy atom. The molecule has 2 aromatic carbocycles. The fraction of sp³-hybridized carbons (Fsp3) is 0.550. The molecule has 0 radical (unpaired) electrons. The van der Waals surface area contributed by atoms with E-state index in [0.29, 0.717) is 19.3 Å². The van der Waals surface area contributed by atoms with Gasteiger partial charge in [-0.25, -0.2) is 4.79 Å². The van der Waals surface area contributed by atoms with Gasteiger partial charge in [-0.3, -0.25) is 24.0 Å². The monoisotopic (exact) mass is 750 g/mol. The lowest BCUT2D eigenvalue weighted by Gasteiger charge is -2.32. The number of phenolic OH excluding ortho intramolecular Hbond substituents is 1. The van der Waals surface area contributed by atoms with Gasteiger partial charge in [0.25, 0.3) is 0 Å². The second-order valence-electron chi connectivity index (χ2n) is 15.0. The van der Waals surface area contributed by atoms with Crippen molar-refractivity contribution >= 4 is 35.5 Å². The molecule has 7 atom stereocenters. The molecule has 1 aliphatic heterocycles. The third-order valence-corrected chi connectivity index (χ3v) is 9.83. The molecule has 7 unspecified atom stereocenters. The van der Waals surface area contributed by atoms with Gasteiger partial charge in [0, 0.05) is 13.0 Å². The first kappa shape index (κ1) is 43.4. The molecule has 5 amide bonds. The average molecular weight is 751 g/mol. The summed E-state index contributed by atoms with van der Waals surface area (Å²) in [5.74, 6) is -4.61. The number of hydrogen-bond acceptors (Lipinski definition) is 8. The van der Waals surface area contributed by atoms with Crippen LogP contribution >= 0.6 is 0 Å². The molecule has 0 bridgehead atoms. The summed E-state index contributed by atoms with van der Waals surface area (Å²) in [5, 5.41) is 30.2. The van der Waals surface area contributed by atoms with E-state index in [2.05, 4.69) is 21.3 Å². The van der Waals surface area contributed by atoms with Gasteiger partial charge in [-0.05, 0) is 66.7 Å². The largest absolute Gasteiger partial charge is 0.508 e. The molecule has 0 aromatic heterocycles. The van der Waals surface area contributed by atoms with E-state index in [4.69, 9.17) is 5.73 Å². The molecule has 8 N–H and O–H groups in total. The number of rotatable bonds is 19. The summed E-state index contributed by atoms with van der Waals surface area (Å²) in [6, 6.07) is 9.23. The number of aromatic hydroxyl groups is 1. The number of carbonyl (C=O) groups excluding carboxylic acids is 5. The summed E-state index contributed by atoms with van der Waals surface area (Å²) in [6.45, 7) is 11.0. The minimum absolute atomic E-state index is 0.0172. The Morgan fingerprint density at radius 1 is 0.778 bits per heavy atom. The molecule has 1 saturated heterocycles. The zero-order valence-corrected chi connectivity index (χ0v) is 32.2. The standard InChI is InChI=1S/C40H58N6O8/c1-7-25(6)34(45-35(48)29(41)21-27-15-17-28(47)18-16-27)38(51)43-31(22-26-12-9-8-10-13-26)39(52)46-19-11-14-32(46)37(50)42-30(20-23(2)3)36(49)44-33(24(4)5)40(53)54/h8-10,12-13,15-18,23-25,29-34,47H,7,11,14,19-22,41H2,1-6H3,(H,42,50)(H,43,51)(H,44,49)(H,45,48)(H,53,54). The molecule has 54 heavy (non-hydrogen) atoms. The number of nitrogens with zero attached hydrogens (tertiary/aromatic N) is 1. The topological polar surface area (TPSA) is 220 Å². The highest BCUT2D eigenvalue weighted by Gasteiger charge is 2.40. The van der Waals surface area contributed by atoms with E-state index in [9.17, 15) is 39.0 Å². The molecule has 296 valence electrons. The SMILES string of the molecule is CCC(C)C(NC(=O)C(N)Cc1ccc(O)cc1)C(=O)NC(Cc1ccccc1)C(=O)N1CCCC1C(=O)NC(CC(C)C)C(=O)NC(C(=O)O)C(C)C. The Bertz CT molecular complexity index is 1580. The highest BCUT2D eigenvalue weighted by atomic mass is 16.4. The first-order chi connectivity index (χ1) is 25.5. The molecule has 3 rings (SSSR count). The van der Waals surface area contributed by atoms with Gasteiger partial charge in [-0.15, -0.1) is 0 Å². The summed E-state index contributed by atoms with van der Waals surface area (Å²) in [4.78, 5) is 82.0. The van der Waals surface area contributed by atoms with Crippen LogP contribution in [0.3, 0.4) is 0 Å². The van der Waals surface area contributed by atoms with Gasteiger partial charge in [0.05, 0.1) is 6.04 Å². The van der Waals surface area contributed by atoms with Crippen molar-refractivity contribution in [3.05, 3.63) is 65.7 Å². The van der Waals surface area contributed by atoms with Crippen LogP contribution in [0.25, 0.3) is 0 Å². The molecule has 2 aromatic rings. The lowest BCUT2D eigenvalue weighted by molar-refractivity contribution is -0.144. The van der Waals surface area contributed by atoms with Crippen molar-refractivity contribution in [3.63, 3.8) is 0 Å². The van der Waals surface area contributed by atoms with Crippen LogP contribution in [-0.2, 0) is 41.6 Å². The average Bonchev–Trinajstić information content (AvgIpc) is 3.62. The van der Waals surface area contributed by atoms with E-state index in [0.717, 1.165) is 11.1 Å². The predicted molar refractivity (Wildman–Crippen MR) is 204 cm³/mol. The molecule has 1 fully saturated rings. The van der Waals surface area contributed by atoms with Crippen molar-refractivity contribution in [2.75, 3.05) is 6.54 Å². The summed E-state index contributed by atoms with van der Waals surface area (Å²) < 4.78 is 0. The van der Waals surface area contributed by atoms with Gasteiger partial charge in [0.15, 0.2) is 0 Å². The Labute approximate surface area is 318 Å². The molecule has 0 saturated carbocycles. The number of nitrogens with two attached hydrogens (primary N) is 1. The molecule has 1 aliphatic rings. The second kappa shape index (κ2) is 20.5. The van der Waals surface area contributed by atoms with Gasteiger partial charge < -0.3 is 42.1 Å². The Kier molecular flexibility index (Phi) is 16.5. The van der Waals surface area contributed by atoms with Crippen LogP contribution in [-0.4, -0.2) is 93.4 Å². The summed E-state index contributed by atoms with van der Waals surface area (Å²) in [7, 11) is 0. The Balaban J connectivity index is 1.82. The van der Waals surface area contributed by atoms with Crippen LogP contribution in [0.4, 0.5) is 0 Å². The lowest BCUT2D eigenvalue weighted by atomic mass is 9.96. The lowest BCUT2D eigenvalue weighted by Crippen LogP contribution is -2.60. The fourth-order valence-electron chi connectivity index (χ4n) is 6.49. The number of likely N-dealkylation sites (tertiary alicyclic amines) is 1. The fourth-order valence-corrected chi connectivity index (χ4v) is 6.49. The Hall–Kier alpha value is -4.98. The highest BCUT2D eigenvalue weighted by molar-refractivity contribution is 5.97. The smallest absolute Gasteiger partial charge is 0.326 e. The number of carboxylic acid groups (broad SMARTS) is 1.